The van der Waals surface area contributed by atoms with E-state index in [1.807, 2.05) is 23.6 Å². The van der Waals surface area contributed by atoms with Gasteiger partial charge in [0, 0.05) is 9.75 Å². The van der Waals surface area contributed by atoms with Crippen molar-refractivity contribution in [3.63, 3.8) is 0 Å². The maximum Gasteiger partial charge on any atom is 0.348 e. The Morgan fingerprint density at radius 1 is 1.33 bits per heavy atom. The topological polar surface area (TPSA) is 55.4 Å². The van der Waals surface area contributed by atoms with Crippen LogP contribution in [0, 0.1) is 0 Å². The minimum Gasteiger partial charge on any atom is -0.451 e. The number of rotatable bonds is 5. The molecule has 1 amide bonds. The minimum absolute atomic E-state index is 0.229. The number of amides is 1. The summed E-state index contributed by atoms with van der Waals surface area (Å²) in [5.74, 6) is -0.679. The van der Waals surface area contributed by atoms with Crippen molar-refractivity contribution >= 4 is 34.6 Å². The first-order valence-corrected chi connectivity index (χ1v) is 8.50. The van der Waals surface area contributed by atoms with E-state index in [0.29, 0.717) is 11.4 Å². The van der Waals surface area contributed by atoms with Gasteiger partial charge in [0.2, 0.25) is 0 Å². The molecule has 0 bridgehead atoms. The van der Waals surface area contributed by atoms with Crippen LogP contribution in [0.4, 0.5) is 0 Å². The van der Waals surface area contributed by atoms with E-state index in [-0.39, 0.29) is 12.5 Å². The number of carbonyl (C=O) groups excluding carboxylic acids is 2. The highest BCUT2D eigenvalue weighted by Crippen LogP contribution is 2.30. The van der Waals surface area contributed by atoms with Gasteiger partial charge < -0.3 is 10.1 Å². The second kappa shape index (κ2) is 6.41. The van der Waals surface area contributed by atoms with Crippen LogP contribution in [0.15, 0.2) is 23.6 Å². The lowest BCUT2D eigenvalue weighted by atomic mass is 10.2. The molecular formula is C15H15NO3S2. The summed E-state index contributed by atoms with van der Waals surface area (Å²) in [7, 11) is 0. The Kier molecular flexibility index (Phi) is 4.36. The van der Waals surface area contributed by atoms with Crippen molar-refractivity contribution in [2.24, 2.45) is 0 Å². The number of carbonyl (C=O) groups is 2. The fraction of sp³-hybridized carbons (Fsp3) is 0.333. The standard InChI is InChI=1S/C15H15NO3S2/c17-14(16-8-11-4-2-6-20-11)9-19-15(18)13-7-10-3-1-5-12(10)21-13/h2,4,6-7H,1,3,5,8-9H2,(H,16,17). The molecule has 2 heterocycles. The fourth-order valence-corrected chi connectivity index (χ4v) is 4.07. The Morgan fingerprint density at radius 3 is 3.00 bits per heavy atom. The second-order valence-corrected chi connectivity index (χ2v) is 7.01. The first-order chi connectivity index (χ1) is 10.2. The largest absolute Gasteiger partial charge is 0.451 e. The molecule has 1 aliphatic rings. The van der Waals surface area contributed by atoms with E-state index in [0.717, 1.165) is 17.7 Å². The Morgan fingerprint density at radius 2 is 2.24 bits per heavy atom. The highest BCUT2D eigenvalue weighted by Gasteiger charge is 2.19. The van der Waals surface area contributed by atoms with Crippen LogP contribution < -0.4 is 5.32 Å². The molecule has 21 heavy (non-hydrogen) atoms. The number of ether oxygens (including phenoxy) is 1. The number of thiophene rings is 2. The molecule has 0 unspecified atom stereocenters. The number of aryl methyl sites for hydroxylation is 2. The lowest BCUT2D eigenvalue weighted by Crippen LogP contribution is -2.27. The zero-order valence-electron chi connectivity index (χ0n) is 11.4. The maximum absolute atomic E-state index is 11.9. The molecule has 0 saturated heterocycles. The Hall–Kier alpha value is -1.66. The van der Waals surface area contributed by atoms with Crippen molar-refractivity contribution in [3.05, 3.63) is 43.8 Å². The van der Waals surface area contributed by atoms with Crippen LogP contribution in [-0.2, 0) is 28.9 Å². The van der Waals surface area contributed by atoms with Gasteiger partial charge in [-0.05, 0) is 42.3 Å². The van der Waals surface area contributed by atoms with Crippen LogP contribution in [0.25, 0.3) is 0 Å². The average molecular weight is 321 g/mol. The Labute approximate surface area is 130 Å². The molecule has 2 aromatic rings. The van der Waals surface area contributed by atoms with Crippen molar-refractivity contribution in [2.45, 2.75) is 25.8 Å². The first-order valence-electron chi connectivity index (χ1n) is 6.80. The molecule has 4 nitrogen and oxygen atoms in total. The van der Waals surface area contributed by atoms with Gasteiger partial charge in [-0.2, -0.15) is 0 Å². The lowest BCUT2D eigenvalue weighted by molar-refractivity contribution is -0.124. The first kappa shape index (κ1) is 14.3. The molecule has 0 atom stereocenters. The molecule has 110 valence electrons. The van der Waals surface area contributed by atoms with E-state index in [4.69, 9.17) is 4.74 Å². The van der Waals surface area contributed by atoms with Crippen LogP contribution in [0.5, 0.6) is 0 Å². The number of hydrogen-bond donors (Lipinski definition) is 1. The predicted molar refractivity (Wildman–Crippen MR) is 82.8 cm³/mol. The summed E-state index contributed by atoms with van der Waals surface area (Å²) in [6.07, 6.45) is 3.26. The van der Waals surface area contributed by atoms with Gasteiger partial charge in [-0.25, -0.2) is 4.79 Å². The van der Waals surface area contributed by atoms with Crippen molar-refractivity contribution in [3.8, 4) is 0 Å². The van der Waals surface area contributed by atoms with Gasteiger partial charge in [0.05, 0.1) is 6.54 Å². The zero-order valence-corrected chi connectivity index (χ0v) is 13.0. The monoisotopic (exact) mass is 321 g/mol. The molecule has 3 rings (SSSR count). The molecule has 1 aliphatic carbocycles. The number of hydrogen-bond acceptors (Lipinski definition) is 5. The van der Waals surface area contributed by atoms with Crippen molar-refractivity contribution in [1.29, 1.82) is 0 Å². The lowest BCUT2D eigenvalue weighted by Gasteiger charge is -2.04. The third kappa shape index (κ3) is 3.51. The summed E-state index contributed by atoms with van der Waals surface area (Å²) in [5.41, 5.74) is 1.26. The van der Waals surface area contributed by atoms with Gasteiger partial charge >= 0.3 is 5.97 Å². The Bertz CT molecular complexity index is 624. The molecule has 1 N–H and O–H groups in total. The van der Waals surface area contributed by atoms with Gasteiger partial charge in [0.25, 0.3) is 5.91 Å². The van der Waals surface area contributed by atoms with Crippen molar-refractivity contribution in [1.82, 2.24) is 5.32 Å². The van der Waals surface area contributed by atoms with Crippen LogP contribution in [0.1, 0.15) is 31.4 Å². The molecule has 6 heteroatoms. The highest BCUT2D eigenvalue weighted by atomic mass is 32.1. The summed E-state index contributed by atoms with van der Waals surface area (Å²) in [6, 6.07) is 5.78. The van der Waals surface area contributed by atoms with Crippen molar-refractivity contribution < 1.29 is 14.3 Å². The highest BCUT2D eigenvalue weighted by molar-refractivity contribution is 7.14. The summed E-state index contributed by atoms with van der Waals surface area (Å²) >= 11 is 3.07. The molecule has 2 aromatic heterocycles. The summed E-state index contributed by atoms with van der Waals surface area (Å²) < 4.78 is 5.06. The van der Waals surface area contributed by atoms with Crippen LogP contribution in [0.3, 0.4) is 0 Å². The zero-order chi connectivity index (χ0) is 14.7. The van der Waals surface area contributed by atoms with Crippen LogP contribution in [0.2, 0.25) is 0 Å². The maximum atomic E-state index is 11.9. The molecule has 0 saturated carbocycles. The summed E-state index contributed by atoms with van der Waals surface area (Å²) in [5, 5.41) is 4.68. The van der Waals surface area contributed by atoms with Gasteiger partial charge in [-0.3, -0.25) is 4.79 Å². The fourth-order valence-electron chi connectivity index (χ4n) is 2.28. The average Bonchev–Trinajstić information content (AvgIpc) is 3.17. The van der Waals surface area contributed by atoms with E-state index < -0.39 is 5.97 Å². The van der Waals surface area contributed by atoms with Crippen LogP contribution >= 0.6 is 22.7 Å². The molecule has 0 fully saturated rings. The second-order valence-electron chi connectivity index (χ2n) is 4.84. The van der Waals surface area contributed by atoms with E-state index in [2.05, 4.69) is 5.32 Å². The molecule has 0 aliphatic heterocycles. The van der Waals surface area contributed by atoms with Crippen LogP contribution in [-0.4, -0.2) is 18.5 Å². The Balaban J connectivity index is 1.45. The quantitative estimate of drug-likeness (QED) is 0.862. The van der Waals surface area contributed by atoms with E-state index in [9.17, 15) is 9.59 Å². The van der Waals surface area contributed by atoms with Gasteiger partial charge in [-0.1, -0.05) is 6.07 Å². The van der Waals surface area contributed by atoms with E-state index in [1.165, 1.54) is 28.2 Å². The van der Waals surface area contributed by atoms with Gasteiger partial charge in [0.1, 0.15) is 4.88 Å². The molecular weight excluding hydrogens is 306 g/mol. The summed E-state index contributed by atoms with van der Waals surface area (Å²) in [6.45, 7) is 0.244. The smallest absolute Gasteiger partial charge is 0.348 e. The van der Waals surface area contributed by atoms with Gasteiger partial charge in [0.15, 0.2) is 6.61 Å². The summed E-state index contributed by atoms with van der Waals surface area (Å²) in [4.78, 5) is 26.5. The van der Waals surface area contributed by atoms with E-state index in [1.54, 1.807) is 11.3 Å². The normalized spacial score (nSPS) is 13.0. The minimum atomic E-state index is -0.402. The molecule has 0 radical (unpaired) electrons. The number of nitrogens with one attached hydrogen (secondary N) is 1. The third-order valence-electron chi connectivity index (χ3n) is 3.32. The van der Waals surface area contributed by atoms with E-state index >= 15 is 0 Å². The van der Waals surface area contributed by atoms with Gasteiger partial charge in [-0.15, -0.1) is 22.7 Å². The number of esters is 1. The number of fused-ring (bicyclic) bond motifs is 1. The molecule has 0 spiro atoms. The third-order valence-corrected chi connectivity index (χ3v) is 5.42. The SMILES string of the molecule is O=C(COC(=O)c1cc2c(s1)CCC2)NCc1cccs1. The molecule has 0 aromatic carbocycles. The predicted octanol–water partition coefficient (Wildman–Crippen LogP) is 2.77. The van der Waals surface area contributed by atoms with Crippen molar-refractivity contribution in [2.75, 3.05) is 6.61 Å².